The number of nitrogens with one attached hydrogen (secondary N) is 2. The summed E-state index contributed by atoms with van der Waals surface area (Å²) in [7, 11) is 1.82. The first kappa shape index (κ1) is 20.0. The normalized spacial score (nSPS) is 19.0. The van der Waals surface area contributed by atoms with E-state index >= 15 is 0 Å². The van der Waals surface area contributed by atoms with Gasteiger partial charge in [-0.05, 0) is 19.2 Å². The lowest BCUT2D eigenvalue weighted by atomic mass is 10.2. The number of ether oxygens (including phenoxy) is 3. The van der Waals surface area contributed by atoms with Crippen molar-refractivity contribution in [3.63, 3.8) is 0 Å². The van der Waals surface area contributed by atoms with E-state index in [4.69, 9.17) is 14.2 Å². The van der Waals surface area contributed by atoms with Gasteiger partial charge in [-0.2, -0.15) is 0 Å². The van der Waals surface area contributed by atoms with Crippen molar-refractivity contribution in [2.24, 2.45) is 4.99 Å². The predicted octanol–water partition coefficient (Wildman–Crippen LogP) is 0.932. The maximum Gasteiger partial charge on any atom is 0.316 e. The molecule has 0 saturated heterocycles. The van der Waals surface area contributed by atoms with Gasteiger partial charge in [-0.3, -0.25) is 5.32 Å². The minimum absolute atomic E-state index is 0.100. The summed E-state index contributed by atoms with van der Waals surface area (Å²) in [5.74, 6) is -0.671. The number of likely N-dealkylation sites (N-methyl/N-ethyl adjacent to an activating group) is 1. The number of hydrogen-bond acceptors (Lipinski definition) is 8. The van der Waals surface area contributed by atoms with E-state index in [1.807, 2.05) is 31.5 Å². The topological polar surface area (TPSA) is 89.9 Å². The van der Waals surface area contributed by atoms with Crippen LogP contribution in [0.3, 0.4) is 0 Å². The molecule has 0 spiro atoms. The molecule has 2 rings (SSSR count). The fraction of sp³-hybridized carbons (Fsp3) is 0.471. The number of alkyl halides is 1. The SMILES string of the molecule is CNC1(C=Cc2cnc(OCCOCCOCCF)nc2)N=CC=CN1. The second-order valence-corrected chi connectivity index (χ2v) is 5.19. The fourth-order valence-corrected chi connectivity index (χ4v) is 2.00. The molecule has 26 heavy (non-hydrogen) atoms. The summed E-state index contributed by atoms with van der Waals surface area (Å²) in [6.45, 7) is 1.08. The molecule has 1 unspecified atom stereocenters. The van der Waals surface area contributed by atoms with E-state index in [1.165, 1.54) is 0 Å². The zero-order valence-electron chi connectivity index (χ0n) is 14.7. The molecule has 9 heteroatoms. The van der Waals surface area contributed by atoms with Gasteiger partial charge in [-0.25, -0.2) is 19.4 Å². The van der Waals surface area contributed by atoms with Crippen LogP contribution in [-0.4, -0.2) is 68.7 Å². The van der Waals surface area contributed by atoms with Crippen LogP contribution in [0.25, 0.3) is 6.08 Å². The molecule has 0 aromatic carbocycles. The van der Waals surface area contributed by atoms with Gasteiger partial charge in [0.25, 0.3) is 0 Å². The van der Waals surface area contributed by atoms with E-state index in [2.05, 4.69) is 25.6 Å². The van der Waals surface area contributed by atoms with Crippen molar-refractivity contribution in [1.29, 1.82) is 0 Å². The summed E-state index contributed by atoms with van der Waals surface area (Å²) in [5, 5.41) is 6.24. The van der Waals surface area contributed by atoms with Crippen LogP contribution in [0.2, 0.25) is 0 Å². The van der Waals surface area contributed by atoms with Gasteiger partial charge in [0.2, 0.25) is 5.79 Å². The number of aromatic nitrogens is 2. The van der Waals surface area contributed by atoms with Crippen LogP contribution in [0.5, 0.6) is 6.01 Å². The Labute approximate surface area is 152 Å². The van der Waals surface area contributed by atoms with Crippen LogP contribution in [0.1, 0.15) is 5.56 Å². The molecule has 0 radical (unpaired) electrons. The number of halogens is 1. The first-order chi connectivity index (χ1) is 12.8. The Bertz CT molecular complexity index is 609. The lowest BCUT2D eigenvalue weighted by molar-refractivity contribution is 0.0315. The maximum atomic E-state index is 11.8. The Hall–Kier alpha value is -2.36. The second-order valence-electron chi connectivity index (χ2n) is 5.19. The number of aliphatic imine (C=N–C) groups is 1. The quantitative estimate of drug-likeness (QED) is 0.533. The van der Waals surface area contributed by atoms with Gasteiger partial charge in [0.15, 0.2) is 0 Å². The van der Waals surface area contributed by atoms with Crippen LogP contribution >= 0.6 is 0 Å². The fourth-order valence-electron chi connectivity index (χ4n) is 2.00. The molecule has 8 nitrogen and oxygen atoms in total. The summed E-state index contributed by atoms with van der Waals surface area (Å²) in [5.41, 5.74) is 0.819. The van der Waals surface area contributed by atoms with Crippen molar-refractivity contribution >= 4 is 12.3 Å². The van der Waals surface area contributed by atoms with Crippen LogP contribution in [-0.2, 0) is 9.47 Å². The van der Waals surface area contributed by atoms with Gasteiger partial charge < -0.3 is 19.5 Å². The second kappa shape index (κ2) is 11.3. The minimum Gasteiger partial charge on any atom is -0.461 e. The molecule has 1 aliphatic heterocycles. The first-order valence-corrected chi connectivity index (χ1v) is 8.30. The van der Waals surface area contributed by atoms with Gasteiger partial charge in [-0.1, -0.05) is 6.08 Å². The largest absolute Gasteiger partial charge is 0.461 e. The molecule has 1 atom stereocenters. The van der Waals surface area contributed by atoms with Crippen molar-refractivity contribution in [1.82, 2.24) is 20.6 Å². The van der Waals surface area contributed by atoms with Gasteiger partial charge in [0, 0.05) is 30.4 Å². The molecule has 142 valence electrons. The summed E-state index contributed by atoms with van der Waals surface area (Å²) in [6, 6.07) is 0.277. The third kappa shape index (κ3) is 6.87. The van der Waals surface area contributed by atoms with E-state index in [-0.39, 0.29) is 12.6 Å². The van der Waals surface area contributed by atoms with Crippen LogP contribution in [0, 0.1) is 0 Å². The highest BCUT2D eigenvalue weighted by molar-refractivity contribution is 5.73. The number of nitrogens with zero attached hydrogens (tertiary/aromatic N) is 3. The van der Waals surface area contributed by atoms with Crippen molar-refractivity contribution in [2.75, 3.05) is 46.8 Å². The molecule has 2 N–H and O–H groups in total. The number of hydrogen-bond donors (Lipinski definition) is 2. The zero-order valence-corrected chi connectivity index (χ0v) is 14.7. The van der Waals surface area contributed by atoms with Crippen molar-refractivity contribution in [3.8, 4) is 6.01 Å². The van der Waals surface area contributed by atoms with Crippen molar-refractivity contribution in [2.45, 2.75) is 5.79 Å². The highest BCUT2D eigenvalue weighted by atomic mass is 19.1. The smallest absolute Gasteiger partial charge is 0.316 e. The first-order valence-electron chi connectivity index (χ1n) is 8.30. The van der Waals surface area contributed by atoms with Gasteiger partial charge in [0.05, 0.1) is 26.4 Å². The average molecular weight is 365 g/mol. The molecular weight excluding hydrogens is 341 g/mol. The Kier molecular flexibility index (Phi) is 8.67. The minimum atomic E-state index is -0.671. The van der Waals surface area contributed by atoms with E-state index in [0.717, 1.165) is 5.56 Å². The Balaban J connectivity index is 1.70. The Morgan fingerprint density at radius 2 is 1.88 bits per heavy atom. The summed E-state index contributed by atoms with van der Waals surface area (Å²) in [4.78, 5) is 12.7. The molecule has 0 aliphatic carbocycles. The van der Waals surface area contributed by atoms with Crippen LogP contribution in [0.15, 0.2) is 35.7 Å². The van der Waals surface area contributed by atoms with E-state index in [1.54, 1.807) is 18.6 Å². The molecule has 1 aromatic rings. The van der Waals surface area contributed by atoms with Crippen molar-refractivity contribution < 1.29 is 18.6 Å². The van der Waals surface area contributed by atoms with Gasteiger partial charge >= 0.3 is 6.01 Å². The third-order valence-corrected chi connectivity index (χ3v) is 3.36. The van der Waals surface area contributed by atoms with E-state index in [9.17, 15) is 4.39 Å². The van der Waals surface area contributed by atoms with E-state index in [0.29, 0.717) is 26.4 Å². The van der Waals surface area contributed by atoms with E-state index < -0.39 is 12.5 Å². The number of allylic oxidation sites excluding steroid dienone is 1. The van der Waals surface area contributed by atoms with Gasteiger partial charge in [-0.15, -0.1) is 0 Å². The molecule has 0 bridgehead atoms. The van der Waals surface area contributed by atoms with Crippen LogP contribution < -0.4 is 15.4 Å². The zero-order chi connectivity index (χ0) is 18.5. The standard InChI is InChI=1S/C17H24FN5O3/c1-19-17(22-6-2-7-23-17)4-3-15-13-20-16(21-14-15)26-12-11-25-10-9-24-8-5-18/h2-4,6-7,13-14,19,22H,5,8-12H2,1H3. The lowest BCUT2D eigenvalue weighted by Gasteiger charge is -2.27. The Morgan fingerprint density at radius 3 is 2.54 bits per heavy atom. The van der Waals surface area contributed by atoms with Crippen LogP contribution in [0.4, 0.5) is 4.39 Å². The summed E-state index contributed by atoms with van der Waals surface area (Å²) >= 11 is 0. The predicted molar refractivity (Wildman–Crippen MR) is 96.7 cm³/mol. The molecular formula is C17H24FN5O3. The molecule has 2 heterocycles. The number of rotatable bonds is 12. The molecule has 0 amide bonds. The summed E-state index contributed by atoms with van der Waals surface area (Å²) < 4.78 is 27.4. The molecule has 1 aromatic heterocycles. The molecule has 0 saturated carbocycles. The third-order valence-electron chi connectivity index (χ3n) is 3.36. The lowest BCUT2D eigenvalue weighted by Crippen LogP contribution is -2.51. The highest BCUT2D eigenvalue weighted by Gasteiger charge is 2.21. The van der Waals surface area contributed by atoms with Gasteiger partial charge in [0.1, 0.15) is 13.3 Å². The average Bonchev–Trinajstić information content (AvgIpc) is 2.70. The highest BCUT2D eigenvalue weighted by Crippen LogP contribution is 2.11. The Morgan fingerprint density at radius 1 is 1.15 bits per heavy atom. The summed E-state index contributed by atoms with van der Waals surface area (Å²) in [6.07, 6.45) is 12.4. The monoisotopic (exact) mass is 365 g/mol. The molecule has 0 fully saturated rings. The maximum absolute atomic E-state index is 11.8. The van der Waals surface area contributed by atoms with Crippen molar-refractivity contribution in [3.05, 3.63) is 36.3 Å². The molecule has 1 aliphatic rings.